The van der Waals surface area contributed by atoms with Gasteiger partial charge in [-0.05, 0) is 18.9 Å². The van der Waals surface area contributed by atoms with Crippen LogP contribution < -0.4 is 0 Å². The number of halogens is 2. The van der Waals surface area contributed by atoms with Crippen LogP contribution in [0.5, 0.6) is 0 Å². The third-order valence-electron chi connectivity index (χ3n) is 4.25. The summed E-state index contributed by atoms with van der Waals surface area (Å²) >= 11 is 6.05. The molecule has 2 aromatic heterocycles. The molecule has 1 aliphatic heterocycles. The van der Waals surface area contributed by atoms with Crippen LogP contribution in [0.15, 0.2) is 18.5 Å². The average Bonchev–Trinajstić information content (AvgIpc) is 3.35. The molecular weight excluding hydrogens is 303 g/mol. The second kappa shape index (κ2) is 5.56. The molecule has 114 valence electrons. The van der Waals surface area contributed by atoms with Gasteiger partial charge in [0.05, 0.1) is 6.20 Å². The normalized spacial score (nSPS) is 18.3. The van der Waals surface area contributed by atoms with Gasteiger partial charge >= 0.3 is 0 Å². The fourth-order valence-electron chi connectivity index (χ4n) is 2.88. The Bertz CT molecular complexity index is 717. The van der Waals surface area contributed by atoms with E-state index in [2.05, 4.69) is 14.9 Å². The van der Waals surface area contributed by atoms with Crippen molar-refractivity contribution < 1.29 is 4.39 Å². The van der Waals surface area contributed by atoms with Crippen LogP contribution in [0.3, 0.4) is 0 Å². The van der Waals surface area contributed by atoms with Gasteiger partial charge in [-0.15, -0.1) is 0 Å². The average molecular weight is 319 g/mol. The van der Waals surface area contributed by atoms with E-state index in [1.54, 1.807) is 0 Å². The van der Waals surface area contributed by atoms with E-state index < -0.39 is 0 Å². The molecule has 0 N–H and O–H groups in total. The number of hydrogen-bond donors (Lipinski definition) is 0. The van der Waals surface area contributed by atoms with Gasteiger partial charge < -0.3 is 0 Å². The summed E-state index contributed by atoms with van der Waals surface area (Å²) in [7, 11) is 0. The van der Waals surface area contributed by atoms with Crippen LogP contribution in [-0.4, -0.2) is 26.4 Å². The van der Waals surface area contributed by atoms with Gasteiger partial charge in [-0.1, -0.05) is 11.6 Å². The van der Waals surface area contributed by atoms with Gasteiger partial charge in [0.25, 0.3) is 0 Å². The number of pyridine rings is 1. The molecule has 22 heavy (non-hydrogen) atoms. The molecule has 0 amide bonds. The van der Waals surface area contributed by atoms with Crippen LogP contribution in [0.1, 0.15) is 41.4 Å². The first-order valence-corrected chi connectivity index (χ1v) is 7.94. The molecular formula is C16H16ClFN4. The Balaban J connectivity index is 1.50. The van der Waals surface area contributed by atoms with Crippen molar-refractivity contribution >= 4 is 11.6 Å². The van der Waals surface area contributed by atoms with Crippen molar-refractivity contribution in [2.75, 3.05) is 6.54 Å². The van der Waals surface area contributed by atoms with Crippen LogP contribution in [0.4, 0.5) is 4.39 Å². The minimum absolute atomic E-state index is 0.353. The minimum Gasteiger partial charge on any atom is -0.294 e. The summed E-state index contributed by atoms with van der Waals surface area (Å²) < 4.78 is 13.3. The largest absolute Gasteiger partial charge is 0.294 e. The molecule has 2 aliphatic rings. The summed E-state index contributed by atoms with van der Waals surface area (Å²) in [5.41, 5.74) is 3.05. The topological polar surface area (TPSA) is 41.9 Å². The van der Waals surface area contributed by atoms with E-state index in [9.17, 15) is 4.39 Å². The molecule has 2 aromatic rings. The molecule has 0 unspecified atom stereocenters. The molecule has 0 aromatic carbocycles. The van der Waals surface area contributed by atoms with Gasteiger partial charge in [-0.25, -0.2) is 19.3 Å². The lowest BCUT2D eigenvalue weighted by Crippen LogP contribution is -2.31. The predicted octanol–water partition coefficient (Wildman–Crippen LogP) is 3.10. The molecule has 1 saturated carbocycles. The van der Waals surface area contributed by atoms with Crippen molar-refractivity contribution in [1.29, 1.82) is 0 Å². The summed E-state index contributed by atoms with van der Waals surface area (Å²) in [5.74, 6) is 1.24. The Hall–Kier alpha value is -1.59. The molecule has 1 aliphatic carbocycles. The molecule has 0 spiro atoms. The molecule has 0 radical (unpaired) electrons. The van der Waals surface area contributed by atoms with Gasteiger partial charge in [-0.2, -0.15) is 0 Å². The summed E-state index contributed by atoms with van der Waals surface area (Å²) in [5, 5.41) is 0.368. The fraction of sp³-hybridized carbons (Fsp3) is 0.438. The molecule has 4 rings (SSSR count). The zero-order valence-corrected chi connectivity index (χ0v) is 12.9. The van der Waals surface area contributed by atoms with E-state index in [1.807, 2.05) is 6.20 Å². The molecule has 4 nitrogen and oxygen atoms in total. The molecule has 0 saturated heterocycles. The Morgan fingerprint density at radius 2 is 2.14 bits per heavy atom. The number of nitrogens with zero attached hydrogens (tertiary/aromatic N) is 4. The van der Waals surface area contributed by atoms with Crippen molar-refractivity contribution in [3.05, 3.63) is 52.1 Å². The highest BCUT2D eigenvalue weighted by Gasteiger charge is 2.28. The third-order valence-corrected chi connectivity index (χ3v) is 4.59. The van der Waals surface area contributed by atoms with E-state index >= 15 is 0 Å². The Morgan fingerprint density at radius 3 is 2.95 bits per heavy atom. The van der Waals surface area contributed by atoms with Gasteiger partial charge in [0, 0.05) is 55.0 Å². The maximum absolute atomic E-state index is 13.3. The number of fused-ring (bicyclic) bond motifs is 1. The Morgan fingerprint density at radius 1 is 1.27 bits per heavy atom. The third kappa shape index (κ3) is 2.83. The van der Waals surface area contributed by atoms with Crippen LogP contribution in [-0.2, 0) is 19.5 Å². The van der Waals surface area contributed by atoms with Crippen molar-refractivity contribution in [2.24, 2.45) is 0 Å². The fourth-order valence-corrected chi connectivity index (χ4v) is 3.04. The lowest BCUT2D eigenvalue weighted by atomic mass is 10.1. The summed E-state index contributed by atoms with van der Waals surface area (Å²) in [6.07, 6.45) is 6.43. The standard InChI is InChI=1S/C16H16ClFN4/c17-15-11(5-13(18)7-19-15)8-22-4-3-14-12(9-22)6-20-16(21-14)10-1-2-10/h5-7,10H,1-4,8-9H2. The first-order valence-electron chi connectivity index (χ1n) is 7.56. The second-order valence-corrected chi connectivity index (χ2v) is 6.40. The van der Waals surface area contributed by atoms with Crippen LogP contribution >= 0.6 is 11.6 Å². The smallest absolute Gasteiger partial charge is 0.141 e. The second-order valence-electron chi connectivity index (χ2n) is 6.04. The number of aromatic nitrogens is 3. The maximum Gasteiger partial charge on any atom is 0.141 e. The lowest BCUT2D eigenvalue weighted by molar-refractivity contribution is 0.242. The van der Waals surface area contributed by atoms with E-state index in [-0.39, 0.29) is 5.82 Å². The highest BCUT2D eigenvalue weighted by atomic mass is 35.5. The molecule has 6 heteroatoms. The van der Waals surface area contributed by atoms with Gasteiger partial charge in [0.15, 0.2) is 0 Å². The van der Waals surface area contributed by atoms with Crippen molar-refractivity contribution in [1.82, 2.24) is 19.9 Å². The summed E-state index contributed by atoms with van der Waals surface area (Å²) in [6.45, 7) is 2.25. The number of rotatable bonds is 3. The van der Waals surface area contributed by atoms with E-state index in [1.165, 1.54) is 18.9 Å². The van der Waals surface area contributed by atoms with E-state index in [0.717, 1.165) is 48.4 Å². The van der Waals surface area contributed by atoms with Crippen LogP contribution in [0, 0.1) is 5.82 Å². The Kier molecular flexibility index (Phi) is 3.54. The highest BCUT2D eigenvalue weighted by Crippen LogP contribution is 2.38. The van der Waals surface area contributed by atoms with Crippen LogP contribution in [0.25, 0.3) is 0 Å². The van der Waals surface area contributed by atoms with Gasteiger partial charge in [0.1, 0.15) is 16.8 Å². The summed E-state index contributed by atoms with van der Waals surface area (Å²) in [6, 6.07) is 1.46. The molecule has 1 fully saturated rings. The summed E-state index contributed by atoms with van der Waals surface area (Å²) in [4.78, 5) is 15.3. The zero-order chi connectivity index (χ0) is 15.1. The van der Waals surface area contributed by atoms with Crippen molar-refractivity contribution in [2.45, 2.75) is 38.3 Å². The van der Waals surface area contributed by atoms with Gasteiger partial charge in [0.2, 0.25) is 0 Å². The molecule has 0 bridgehead atoms. The highest BCUT2D eigenvalue weighted by molar-refractivity contribution is 6.30. The van der Waals surface area contributed by atoms with Crippen LogP contribution in [0.2, 0.25) is 5.15 Å². The lowest BCUT2D eigenvalue weighted by Gasteiger charge is -2.28. The molecule has 3 heterocycles. The molecule has 0 atom stereocenters. The quantitative estimate of drug-likeness (QED) is 0.816. The maximum atomic E-state index is 13.3. The van der Waals surface area contributed by atoms with E-state index in [0.29, 0.717) is 17.6 Å². The van der Waals surface area contributed by atoms with E-state index in [4.69, 9.17) is 16.6 Å². The predicted molar refractivity (Wildman–Crippen MR) is 81.0 cm³/mol. The van der Waals surface area contributed by atoms with Gasteiger partial charge in [-0.3, -0.25) is 4.90 Å². The number of hydrogen-bond acceptors (Lipinski definition) is 4. The minimum atomic E-state index is -0.353. The first kappa shape index (κ1) is 14.0. The van der Waals surface area contributed by atoms with Crippen molar-refractivity contribution in [3.63, 3.8) is 0 Å². The SMILES string of the molecule is Fc1cnc(Cl)c(CN2CCc3nc(C4CC4)ncc3C2)c1. The monoisotopic (exact) mass is 318 g/mol. The zero-order valence-electron chi connectivity index (χ0n) is 12.1. The van der Waals surface area contributed by atoms with Crippen molar-refractivity contribution in [3.8, 4) is 0 Å². The Labute approximate surface area is 133 Å². The first-order chi connectivity index (χ1) is 10.7.